The van der Waals surface area contributed by atoms with E-state index in [4.69, 9.17) is 0 Å². The molecule has 0 aliphatic carbocycles. The third-order valence-corrected chi connectivity index (χ3v) is 4.78. The minimum atomic E-state index is -4.88. The van der Waals surface area contributed by atoms with Crippen LogP contribution in [0.15, 0.2) is 24.3 Å². The van der Waals surface area contributed by atoms with Crippen LogP contribution in [-0.2, 0) is 4.79 Å². The third kappa shape index (κ3) is 4.70. The largest absolute Gasteiger partial charge is 0.573 e. The molecule has 3 rings (SSSR count). The monoisotopic (exact) mass is 388 g/mol. The van der Waals surface area contributed by atoms with Crippen LogP contribution in [0.2, 0.25) is 0 Å². The molecular formula is C18H20F4N2O3. The normalized spacial score (nSPS) is 23.4. The van der Waals surface area contributed by atoms with E-state index in [1.165, 1.54) is 12.1 Å². The summed E-state index contributed by atoms with van der Waals surface area (Å²) in [6.45, 7) is 0.889. The number of likely N-dealkylation sites (tertiary alicyclic amines) is 2. The maximum absolute atomic E-state index is 14.0. The van der Waals surface area contributed by atoms with Crippen LogP contribution in [0.5, 0.6) is 5.75 Å². The second-order valence-electron chi connectivity index (χ2n) is 6.77. The van der Waals surface area contributed by atoms with Crippen LogP contribution in [-0.4, -0.2) is 59.8 Å². The fraction of sp³-hybridized carbons (Fsp3) is 0.556. The van der Waals surface area contributed by atoms with E-state index >= 15 is 0 Å². The Morgan fingerprint density at radius 3 is 2.48 bits per heavy atom. The molecule has 2 amide bonds. The highest BCUT2D eigenvalue weighted by Gasteiger charge is 2.42. The topological polar surface area (TPSA) is 49.9 Å². The number of hydrogen-bond acceptors (Lipinski definition) is 3. The van der Waals surface area contributed by atoms with Gasteiger partial charge in [-0.3, -0.25) is 9.59 Å². The van der Waals surface area contributed by atoms with E-state index in [2.05, 4.69) is 4.74 Å². The first-order valence-corrected chi connectivity index (χ1v) is 8.84. The smallest absolute Gasteiger partial charge is 0.406 e. The summed E-state index contributed by atoms with van der Waals surface area (Å²) in [4.78, 5) is 28.3. The first kappa shape index (κ1) is 19.4. The number of piperidine rings is 1. The molecule has 0 N–H and O–H groups in total. The van der Waals surface area contributed by atoms with E-state index in [9.17, 15) is 27.2 Å². The Hall–Kier alpha value is -2.32. The number of amides is 2. The number of halogens is 4. The Bertz CT molecular complexity index is 704. The molecule has 1 aromatic carbocycles. The molecule has 2 fully saturated rings. The number of benzene rings is 1. The van der Waals surface area contributed by atoms with Gasteiger partial charge in [0, 0.05) is 25.1 Å². The van der Waals surface area contributed by atoms with Gasteiger partial charge < -0.3 is 14.5 Å². The van der Waals surface area contributed by atoms with Crippen molar-refractivity contribution < 1.29 is 31.9 Å². The van der Waals surface area contributed by atoms with Crippen LogP contribution in [0.3, 0.4) is 0 Å². The van der Waals surface area contributed by atoms with Crippen molar-refractivity contribution in [3.05, 3.63) is 29.8 Å². The van der Waals surface area contributed by atoms with Crippen LogP contribution >= 0.6 is 0 Å². The summed E-state index contributed by atoms with van der Waals surface area (Å²) >= 11 is 0. The molecule has 0 spiro atoms. The van der Waals surface area contributed by atoms with Gasteiger partial charge in [-0.25, -0.2) is 4.39 Å². The van der Waals surface area contributed by atoms with Crippen molar-refractivity contribution in [1.29, 1.82) is 0 Å². The Morgan fingerprint density at radius 2 is 1.81 bits per heavy atom. The fourth-order valence-electron chi connectivity index (χ4n) is 3.56. The minimum Gasteiger partial charge on any atom is -0.406 e. The predicted octanol–water partition coefficient (Wildman–Crippen LogP) is 3.15. The average Bonchev–Trinajstić information content (AvgIpc) is 3.01. The van der Waals surface area contributed by atoms with Crippen LogP contribution < -0.4 is 4.74 Å². The van der Waals surface area contributed by atoms with Crippen molar-refractivity contribution in [3.8, 4) is 5.75 Å². The van der Waals surface area contributed by atoms with Crippen LogP contribution in [0.4, 0.5) is 17.6 Å². The summed E-state index contributed by atoms with van der Waals surface area (Å²) in [5.41, 5.74) is -0.0812. The number of ether oxygens (including phenoxy) is 1. The van der Waals surface area contributed by atoms with Gasteiger partial charge in [0.1, 0.15) is 18.0 Å². The lowest BCUT2D eigenvalue weighted by Gasteiger charge is -2.32. The van der Waals surface area contributed by atoms with Crippen LogP contribution in [0.1, 0.15) is 36.0 Å². The predicted molar refractivity (Wildman–Crippen MR) is 87.9 cm³/mol. The van der Waals surface area contributed by atoms with Gasteiger partial charge in [0.2, 0.25) is 5.91 Å². The number of hydrogen-bond donors (Lipinski definition) is 0. The van der Waals surface area contributed by atoms with Crippen molar-refractivity contribution in [2.45, 2.75) is 44.3 Å². The standard InChI is InChI=1S/C18H20F4N2O3/c19-13-10-15(17(26)23-7-2-1-3-8-23)24(11-13)16(25)12-5-4-6-14(9-12)27-18(20,21)22/h4-6,9,13,15H,1-3,7-8,10-11H2/t13-,15-/m0/s1. The van der Waals surface area contributed by atoms with Gasteiger partial charge in [0.25, 0.3) is 5.91 Å². The first-order chi connectivity index (χ1) is 12.7. The summed E-state index contributed by atoms with van der Waals surface area (Å²) < 4.78 is 55.0. The highest BCUT2D eigenvalue weighted by molar-refractivity contribution is 5.98. The second-order valence-corrected chi connectivity index (χ2v) is 6.77. The Kier molecular flexibility index (Phi) is 5.57. The van der Waals surface area contributed by atoms with Crippen molar-refractivity contribution >= 4 is 11.8 Å². The highest BCUT2D eigenvalue weighted by Crippen LogP contribution is 2.28. The molecule has 2 aliphatic rings. The molecule has 0 saturated carbocycles. The highest BCUT2D eigenvalue weighted by atomic mass is 19.4. The number of nitrogens with zero attached hydrogens (tertiary/aromatic N) is 2. The van der Waals surface area contributed by atoms with Crippen molar-refractivity contribution in [2.75, 3.05) is 19.6 Å². The lowest BCUT2D eigenvalue weighted by molar-refractivity contribution is -0.274. The Labute approximate surface area is 153 Å². The van der Waals surface area contributed by atoms with Crippen LogP contribution in [0.25, 0.3) is 0 Å². The van der Waals surface area contributed by atoms with Crippen molar-refractivity contribution in [2.24, 2.45) is 0 Å². The molecule has 0 unspecified atom stereocenters. The average molecular weight is 388 g/mol. The van der Waals surface area contributed by atoms with E-state index in [0.717, 1.165) is 36.3 Å². The van der Waals surface area contributed by atoms with Gasteiger partial charge in [0.15, 0.2) is 0 Å². The van der Waals surface area contributed by atoms with Gasteiger partial charge in [-0.2, -0.15) is 0 Å². The minimum absolute atomic E-state index is 0.0812. The summed E-state index contributed by atoms with van der Waals surface area (Å²) in [7, 11) is 0. The summed E-state index contributed by atoms with van der Waals surface area (Å²) in [6, 6.07) is 3.66. The summed E-state index contributed by atoms with van der Waals surface area (Å²) in [6.07, 6.45) is -3.58. The maximum Gasteiger partial charge on any atom is 0.573 e. The number of carbonyl (C=O) groups excluding carboxylic acids is 2. The van der Waals surface area contributed by atoms with Gasteiger partial charge in [-0.1, -0.05) is 6.07 Å². The molecule has 148 valence electrons. The molecule has 2 aliphatic heterocycles. The van der Waals surface area contributed by atoms with Crippen LogP contribution in [0, 0.1) is 0 Å². The van der Waals surface area contributed by atoms with Gasteiger partial charge in [-0.05, 0) is 37.5 Å². The third-order valence-electron chi connectivity index (χ3n) is 4.78. The van der Waals surface area contributed by atoms with E-state index in [-0.39, 0.29) is 24.4 Å². The molecule has 0 radical (unpaired) electrons. The second kappa shape index (κ2) is 7.74. The zero-order chi connectivity index (χ0) is 19.6. The molecule has 27 heavy (non-hydrogen) atoms. The molecule has 2 saturated heterocycles. The van der Waals surface area contributed by atoms with E-state index in [1.807, 2.05) is 0 Å². The van der Waals surface area contributed by atoms with Crippen molar-refractivity contribution in [1.82, 2.24) is 9.80 Å². The van der Waals surface area contributed by atoms with E-state index in [1.54, 1.807) is 4.90 Å². The summed E-state index contributed by atoms with van der Waals surface area (Å²) in [5.74, 6) is -1.52. The number of alkyl halides is 4. The fourth-order valence-corrected chi connectivity index (χ4v) is 3.56. The maximum atomic E-state index is 14.0. The lowest BCUT2D eigenvalue weighted by atomic mass is 10.1. The van der Waals surface area contributed by atoms with Gasteiger partial charge in [-0.15, -0.1) is 13.2 Å². The molecule has 2 heterocycles. The van der Waals surface area contributed by atoms with E-state index in [0.29, 0.717) is 13.1 Å². The molecule has 0 bridgehead atoms. The molecule has 9 heteroatoms. The zero-order valence-corrected chi connectivity index (χ0v) is 14.5. The summed E-state index contributed by atoms with van der Waals surface area (Å²) in [5, 5.41) is 0. The Balaban J connectivity index is 1.77. The van der Waals surface area contributed by atoms with Gasteiger partial charge >= 0.3 is 6.36 Å². The molecule has 0 aromatic heterocycles. The zero-order valence-electron chi connectivity index (χ0n) is 14.5. The number of carbonyl (C=O) groups is 2. The van der Waals surface area contributed by atoms with E-state index < -0.39 is 30.2 Å². The molecule has 1 aromatic rings. The SMILES string of the molecule is O=C([C@@H]1C[C@H](F)CN1C(=O)c1cccc(OC(F)(F)F)c1)N1CCCCC1. The van der Waals surface area contributed by atoms with Crippen molar-refractivity contribution in [3.63, 3.8) is 0 Å². The lowest BCUT2D eigenvalue weighted by Crippen LogP contribution is -2.49. The molecule has 2 atom stereocenters. The van der Waals surface area contributed by atoms with Gasteiger partial charge in [0.05, 0.1) is 6.54 Å². The quantitative estimate of drug-likeness (QED) is 0.748. The number of rotatable bonds is 3. The first-order valence-electron chi connectivity index (χ1n) is 8.84. The Morgan fingerprint density at radius 1 is 1.11 bits per heavy atom. The molecule has 5 nitrogen and oxygen atoms in total. The molecular weight excluding hydrogens is 368 g/mol.